The molecule has 6 nitrogen and oxygen atoms in total. The summed E-state index contributed by atoms with van der Waals surface area (Å²) in [6.45, 7) is 1.89. The number of rotatable bonds is 8. The summed E-state index contributed by atoms with van der Waals surface area (Å²) in [5.41, 5.74) is 0. The largest absolute Gasteiger partial charge is 0.396 e. The van der Waals surface area contributed by atoms with Crippen LogP contribution in [-0.4, -0.2) is 50.4 Å². The Bertz CT molecular complexity index is 342. The summed E-state index contributed by atoms with van der Waals surface area (Å²) in [6.07, 6.45) is 5.51. The average Bonchev–Trinajstić information content (AvgIpc) is 3.02. The lowest BCUT2D eigenvalue weighted by molar-refractivity contribution is 0.0912. The van der Waals surface area contributed by atoms with Crippen LogP contribution in [0.1, 0.15) is 32.1 Å². The van der Waals surface area contributed by atoms with Gasteiger partial charge in [-0.25, -0.2) is 4.68 Å². The quantitative estimate of drug-likeness (QED) is 0.564. The van der Waals surface area contributed by atoms with E-state index in [1.165, 1.54) is 0 Å². The molecule has 0 amide bonds. The topological polar surface area (TPSA) is 73.1 Å². The minimum absolute atomic E-state index is 0.266. The van der Waals surface area contributed by atoms with Crippen molar-refractivity contribution < 1.29 is 9.84 Å². The Balaban J connectivity index is 1.72. The van der Waals surface area contributed by atoms with Crippen molar-refractivity contribution in [1.82, 2.24) is 20.2 Å². The minimum Gasteiger partial charge on any atom is -0.396 e. The summed E-state index contributed by atoms with van der Waals surface area (Å²) in [6, 6.07) is 0. The molecule has 1 fully saturated rings. The molecule has 1 aliphatic heterocycles. The van der Waals surface area contributed by atoms with Gasteiger partial charge in [-0.15, -0.1) is 5.10 Å². The molecule has 1 unspecified atom stereocenters. The van der Waals surface area contributed by atoms with E-state index >= 15 is 0 Å². The van der Waals surface area contributed by atoms with Crippen molar-refractivity contribution in [1.29, 1.82) is 0 Å². The van der Waals surface area contributed by atoms with Gasteiger partial charge in [0, 0.05) is 19.0 Å². The fourth-order valence-corrected chi connectivity index (χ4v) is 2.84. The molecular formula is C11H20N4O2S. The molecule has 7 heteroatoms. The molecule has 1 N–H and O–H groups in total. The van der Waals surface area contributed by atoms with Crippen LogP contribution in [0.15, 0.2) is 5.16 Å². The SMILES string of the molecule is OCCCCCSc1nnnn1CC1CCCO1. The number of hydrogen-bond donors (Lipinski definition) is 1. The maximum absolute atomic E-state index is 8.70. The monoisotopic (exact) mass is 272 g/mol. The summed E-state index contributed by atoms with van der Waals surface area (Å²) in [5, 5.41) is 21.3. The van der Waals surface area contributed by atoms with E-state index in [1.54, 1.807) is 11.8 Å². The van der Waals surface area contributed by atoms with Crippen LogP contribution in [0, 0.1) is 0 Å². The molecule has 1 aromatic heterocycles. The highest BCUT2D eigenvalue weighted by atomic mass is 32.2. The normalized spacial score (nSPS) is 19.5. The molecule has 0 saturated carbocycles. The van der Waals surface area contributed by atoms with Crippen molar-refractivity contribution in [2.24, 2.45) is 0 Å². The zero-order valence-electron chi connectivity index (χ0n) is 10.5. The molecule has 1 aromatic rings. The van der Waals surface area contributed by atoms with Crippen LogP contribution >= 0.6 is 11.8 Å². The third-order valence-corrected chi connectivity index (χ3v) is 3.98. The molecule has 2 heterocycles. The van der Waals surface area contributed by atoms with Crippen LogP contribution in [0.2, 0.25) is 0 Å². The summed E-state index contributed by atoms with van der Waals surface area (Å²) < 4.78 is 7.43. The lowest BCUT2D eigenvalue weighted by Crippen LogP contribution is -2.16. The molecule has 18 heavy (non-hydrogen) atoms. The smallest absolute Gasteiger partial charge is 0.209 e. The van der Waals surface area contributed by atoms with Crippen molar-refractivity contribution in [3.63, 3.8) is 0 Å². The number of nitrogens with zero attached hydrogens (tertiary/aromatic N) is 4. The third-order valence-electron chi connectivity index (χ3n) is 2.93. The van der Waals surface area contributed by atoms with Crippen LogP contribution in [0.4, 0.5) is 0 Å². The van der Waals surface area contributed by atoms with Crippen molar-refractivity contribution in [3.8, 4) is 0 Å². The lowest BCUT2D eigenvalue weighted by atomic mass is 10.2. The Morgan fingerprint density at radius 3 is 3.11 bits per heavy atom. The number of tetrazole rings is 1. The van der Waals surface area contributed by atoms with E-state index in [2.05, 4.69) is 15.5 Å². The fourth-order valence-electron chi connectivity index (χ4n) is 1.95. The van der Waals surface area contributed by atoms with Gasteiger partial charge in [0.2, 0.25) is 5.16 Å². The predicted molar refractivity (Wildman–Crippen MR) is 68.5 cm³/mol. The maximum atomic E-state index is 8.70. The predicted octanol–water partition coefficient (Wildman–Crippen LogP) is 1.11. The molecule has 0 aliphatic carbocycles. The first-order chi connectivity index (χ1) is 8.90. The van der Waals surface area contributed by atoms with Crippen molar-refractivity contribution >= 4 is 11.8 Å². The van der Waals surface area contributed by atoms with E-state index < -0.39 is 0 Å². The first-order valence-corrected chi connectivity index (χ1v) is 7.50. The van der Waals surface area contributed by atoms with Gasteiger partial charge >= 0.3 is 0 Å². The summed E-state index contributed by atoms with van der Waals surface area (Å²) in [4.78, 5) is 0. The van der Waals surface area contributed by atoms with Crippen LogP contribution in [-0.2, 0) is 11.3 Å². The Kier molecular flexibility index (Phi) is 5.89. The molecule has 0 radical (unpaired) electrons. The molecular weight excluding hydrogens is 252 g/mol. The molecule has 1 saturated heterocycles. The van der Waals surface area contributed by atoms with Crippen molar-refractivity contribution in [2.75, 3.05) is 19.0 Å². The minimum atomic E-state index is 0.266. The van der Waals surface area contributed by atoms with Crippen LogP contribution in [0.3, 0.4) is 0 Å². The molecule has 0 spiro atoms. The second-order valence-electron chi connectivity index (χ2n) is 4.41. The highest BCUT2D eigenvalue weighted by Gasteiger charge is 2.18. The van der Waals surface area contributed by atoms with E-state index in [9.17, 15) is 0 Å². The molecule has 0 aromatic carbocycles. The maximum Gasteiger partial charge on any atom is 0.209 e. The van der Waals surface area contributed by atoms with E-state index in [0.717, 1.165) is 56.2 Å². The van der Waals surface area contributed by atoms with Gasteiger partial charge in [-0.2, -0.15) is 0 Å². The zero-order chi connectivity index (χ0) is 12.6. The fraction of sp³-hybridized carbons (Fsp3) is 0.909. The molecule has 102 valence electrons. The van der Waals surface area contributed by atoms with E-state index in [0.29, 0.717) is 0 Å². The molecule has 1 atom stereocenters. The van der Waals surface area contributed by atoms with Gasteiger partial charge in [0.15, 0.2) is 0 Å². The van der Waals surface area contributed by atoms with Crippen LogP contribution < -0.4 is 0 Å². The summed E-state index contributed by atoms with van der Waals surface area (Å²) in [5.74, 6) is 0.992. The highest BCUT2D eigenvalue weighted by molar-refractivity contribution is 7.99. The lowest BCUT2D eigenvalue weighted by Gasteiger charge is -2.09. The second-order valence-corrected chi connectivity index (χ2v) is 5.47. The summed E-state index contributed by atoms with van der Waals surface area (Å²) >= 11 is 1.68. The number of thioether (sulfide) groups is 1. The van der Waals surface area contributed by atoms with E-state index in [1.807, 2.05) is 4.68 Å². The van der Waals surface area contributed by atoms with Gasteiger partial charge in [0.25, 0.3) is 0 Å². The second kappa shape index (κ2) is 7.70. The number of ether oxygens (including phenoxy) is 1. The first-order valence-electron chi connectivity index (χ1n) is 6.51. The zero-order valence-corrected chi connectivity index (χ0v) is 11.3. The number of unbranched alkanes of at least 4 members (excludes halogenated alkanes) is 2. The molecule has 2 rings (SSSR count). The first kappa shape index (κ1) is 13.8. The van der Waals surface area contributed by atoms with Crippen LogP contribution in [0.5, 0.6) is 0 Å². The Morgan fingerprint density at radius 2 is 2.33 bits per heavy atom. The third kappa shape index (κ3) is 4.22. The standard InChI is InChI=1S/C11H20N4O2S/c16-6-2-1-3-8-18-11-12-13-14-15(11)9-10-5-4-7-17-10/h10,16H,1-9H2. The highest BCUT2D eigenvalue weighted by Crippen LogP contribution is 2.19. The van der Waals surface area contributed by atoms with Gasteiger partial charge in [0.05, 0.1) is 12.6 Å². The van der Waals surface area contributed by atoms with E-state index in [-0.39, 0.29) is 12.7 Å². The Morgan fingerprint density at radius 1 is 1.39 bits per heavy atom. The molecule has 0 bridgehead atoms. The Hall–Kier alpha value is -0.660. The van der Waals surface area contributed by atoms with Gasteiger partial charge in [-0.3, -0.25) is 0 Å². The average molecular weight is 272 g/mol. The summed E-state index contributed by atoms with van der Waals surface area (Å²) in [7, 11) is 0. The Labute approximate surface area is 111 Å². The van der Waals surface area contributed by atoms with Gasteiger partial charge < -0.3 is 9.84 Å². The van der Waals surface area contributed by atoms with Gasteiger partial charge in [-0.1, -0.05) is 18.2 Å². The van der Waals surface area contributed by atoms with Crippen molar-refractivity contribution in [2.45, 2.75) is 49.9 Å². The molecule has 1 aliphatic rings. The van der Waals surface area contributed by atoms with Crippen LogP contribution in [0.25, 0.3) is 0 Å². The van der Waals surface area contributed by atoms with Gasteiger partial charge in [-0.05, 0) is 36.1 Å². The number of hydrogen-bond acceptors (Lipinski definition) is 6. The number of aliphatic hydroxyl groups excluding tert-OH is 1. The van der Waals surface area contributed by atoms with Crippen molar-refractivity contribution in [3.05, 3.63) is 0 Å². The van der Waals surface area contributed by atoms with Gasteiger partial charge in [0.1, 0.15) is 0 Å². The number of aromatic nitrogens is 4. The number of aliphatic hydroxyl groups is 1. The van der Waals surface area contributed by atoms with E-state index in [4.69, 9.17) is 9.84 Å².